The lowest BCUT2D eigenvalue weighted by molar-refractivity contribution is 0.104. The molecular weight excluding hydrogens is 342 g/mol. The van der Waals surface area contributed by atoms with E-state index in [1.165, 1.54) is 5.56 Å². The predicted octanol–water partition coefficient (Wildman–Crippen LogP) is 4.58. The van der Waals surface area contributed by atoms with Crippen molar-refractivity contribution in [1.29, 1.82) is 0 Å². The highest BCUT2D eigenvalue weighted by Crippen LogP contribution is 2.32. The van der Waals surface area contributed by atoms with Gasteiger partial charge in [0.05, 0.1) is 0 Å². The van der Waals surface area contributed by atoms with E-state index in [0.29, 0.717) is 12.5 Å². The summed E-state index contributed by atoms with van der Waals surface area (Å²) >= 11 is 3.59. The Balaban J connectivity index is 1.56. The van der Waals surface area contributed by atoms with Gasteiger partial charge in [-0.3, -0.25) is 0 Å². The van der Waals surface area contributed by atoms with Crippen molar-refractivity contribution in [2.24, 2.45) is 0 Å². The molecule has 0 aromatic heterocycles. The Kier molecular flexibility index (Phi) is 4.78. The van der Waals surface area contributed by atoms with Crippen molar-refractivity contribution in [3.05, 3.63) is 70.2 Å². The van der Waals surface area contributed by atoms with Gasteiger partial charge >= 0.3 is 6.09 Å². The third-order valence-corrected chi connectivity index (χ3v) is 4.72. The molecule has 1 unspecified atom stereocenters. The van der Waals surface area contributed by atoms with Crippen LogP contribution < -0.4 is 0 Å². The summed E-state index contributed by atoms with van der Waals surface area (Å²) in [4.78, 5) is 14.0. The van der Waals surface area contributed by atoms with Gasteiger partial charge in [0.1, 0.15) is 6.61 Å². The summed E-state index contributed by atoms with van der Waals surface area (Å²) in [6.07, 6.45) is 0.752. The number of hydrogen-bond acceptors (Lipinski definition) is 2. The van der Waals surface area contributed by atoms with Crippen LogP contribution in [0, 0.1) is 0 Å². The molecule has 0 bridgehead atoms. The van der Waals surface area contributed by atoms with Gasteiger partial charge in [-0.05, 0) is 23.6 Å². The van der Waals surface area contributed by atoms with Crippen molar-refractivity contribution >= 4 is 22.0 Å². The number of benzene rings is 2. The second-order valence-corrected chi connectivity index (χ2v) is 6.35. The first-order chi connectivity index (χ1) is 10.7. The van der Waals surface area contributed by atoms with Crippen molar-refractivity contribution in [3.63, 3.8) is 0 Å². The molecule has 1 amide bonds. The summed E-state index contributed by atoms with van der Waals surface area (Å²) in [5.74, 6) is 0.375. The molecule has 114 valence electrons. The molecule has 0 aliphatic carbocycles. The Morgan fingerprint density at radius 3 is 2.64 bits per heavy atom. The van der Waals surface area contributed by atoms with Crippen LogP contribution in [-0.2, 0) is 11.3 Å². The summed E-state index contributed by atoms with van der Waals surface area (Å²) in [7, 11) is 0. The first-order valence-corrected chi connectivity index (χ1v) is 8.23. The van der Waals surface area contributed by atoms with Crippen LogP contribution in [0.4, 0.5) is 4.79 Å². The van der Waals surface area contributed by atoms with Crippen LogP contribution in [0.25, 0.3) is 0 Å². The largest absolute Gasteiger partial charge is 0.445 e. The lowest BCUT2D eigenvalue weighted by Crippen LogP contribution is -2.29. The normalized spacial score (nSPS) is 17.5. The Bertz CT molecular complexity index is 645. The summed E-state index contributed by atoms with van der Waals surface area (Å²) in [5.41, 5.74) is 2.28. The molecule has 1 fully saturated rings. The van der Waals surface area contributed by atoms with Crippen LogP contribution in [0.1, 0.15) is 23.5 Å². The zero-order chi connectivity index (χ0) is 15.4. The van der Waals surface area contributed by atoms with Gasteiger partial charge in [0.25, 0.3) is 0 Å². The number of amides is 1. The highest BCUT2D eigenvalue weighted by atomic mass is 79.9. The smallest absolute Gasteiger partial charge is 0.410 e. The quantitative estimate of drug-likeness (QED) is 0.802. The zero-order valence-electron chi connectivity index (χ0n) is 12.2. The van der Waals surface area contributed by atoms with E-state index < -0.39 is 0 Å². The maximum Gasteiger partial charge on any atom is 0.410 e. The molecule has 0 N–H and O–H groups in total. The van der Waals surface area contributed by atoms with E-state index in [1.807, 2.05) is 48.5 Å². The van der Waals surface area contributed by atoms with Crippen molar-refractivity contribution in [3.8, 4) is 0 Å². The second-order valence-electron chi connectivity index (χ2n) is 5.49. The maximum absolute atomic E-state index is 12.2. The number of carbonyl (C=O) groups is 1. The van der Waals surface area contributed by atoms with Gasteiger partial charge in [0, 0.05) is 23.5 Å². The van der Waals surface area contributed by atoms with Crippen molar-refractivity contribution in [2.45, 2.75) is 18.9 Å². The molecule has 1 heterocycles. The molecule has 1 aliphatic rings. The number of nitrogens with zero attached hydrogens (tertiary/aromatic N) is 1. The molecular formula is C18H18BrNO2. The molecule has 0 radical (unpaired) electrons. The van der Waals surface area contributed by atoms with Gasteiger partial charge in [0.15, 0.2) is 0 Å². The molecule has 0 spiro atoms. The number of ether oxygens (including phenoxy) is 1. The monoisotopic (exact) mass is 359 g/mol. The minimum atomic E-state index is -0.224. The van der Waals surface area contributed by atoms with Crippen LogP contribution >= 0.6 is 15.9 Å². The minimum absolute atomic E-state index is 0.224. The van der Waals surface area contributed by atoms with E-state index in [2.05, 4.69) is 22.0 Å². The minimum Gasteiger partial charge on any atom is -0.445 e. The standard InChI is InChI=1S/C18H18BrNO2/c19-17-9-5-4-8-16(17)15-10-11-20(12-15)18(21)22-13-14-6-2-1-3-7-14/h1-9,15H,10-13H2. The van der Waals surface area contributed by atoms with E-state index >= 15 is 0 Å². The van der Waals surface area contributed by atoms with Gasteiger partial charge in [-0.1, -0.05) is 64.5 Å². The number of rotatable bonds is 3. The zero-order valence-corrected chi connectivity index (χ0v) is 13.8. The Labute approximate surface area is 139 Å². The second kappa shape index (κ2) is 6.97. The SMILES string of the molecule is O=C(OCc1ccccc1)N1CCC(c2ccccc2Br)C1. The number of halogens is 1. The van der Waals surface area contributed by atoms with Gasteiger partial charge in [0.2, 0.25) is 0 Å². The third-order valence-electron chi connectivity index (χ3n) is 4.00. The van der Waals surface area contributed by atoms with Crippen molar-refractivity contribution < 1.29 is 9.53 Å². The molecule has 1 atom stereocenters. The lowest BCUT2D eigenvalue weighted by atomic mass is 9.99. The highest BCUT2D eigenvalue weighted by Gasteiger charge is 2.29. The fourth-order valence-electron chi connectivity index (χ4n) is 2.80. The number of likely N-dealkylation sites (tertiary alicyclic amines) is 1. The molecule has 2 aromatic rings. The average Bonchev–Trinajstić information content (AvgIpc) is 3.04. The van der Waals surface area contributed by atoms with E-state index in [-0.39, 0.29) is 6.09 Å². The molecule has 3 rings (SSSR count). The Hall–Kier alpha value is -1.81. The Morgan fingerprint density at radius 2 is 1.86 bits per heavy atom. The van der Waals surface area contributed by atoms with Crippen LogP contribution in [0.15, 0.2) is 59.1 Å². The van der Waals surface area contributed by atoms with Gasteiger partial charge in [-0.25, -0.2) is 4.79 Å². The van der Waals surface area contributed by atoms with Crippen LogP contribution in [0.3, 0.4) is 0 Å². The predicted molar refractivity (Wildman–Crippen MR) is 89.7 cm³/mol. The topological polar surface area (TPSA) is 29.5 Å². The molecule has 4 heteroatoms. The van der Waals surface area contributed by atoms with Crippen LogP contribution in [-0.4, -0.2) is 24.1 Å². The molecule has 1 saturated heterocycles. The van der Waals surface area contributed by atoms with E-state index in [0.717, 1.165) is 29.5 Å². The van der Waals surface area contributed by atoms with Crippen molar-refractivity contribution in [2.75, 3.05) is 13.1 Å². The summed E-state index contributed by atoms with van der Waals surface area (Å²) < 4.78 is 6.51. The van der Waals surface area contributed by atoms with Crippen LogP contribution in [0.5, 0.6) is 0 Å². The van der Waals surface area contributed by atoms with Gasteiger partial charge in [-0.2, -0.15) is 0 Å². The number of hydrogen-bond donors (Lipinski definition) is 0. The fourth-order valence-corrected chi connectivity index (χ4v) is 3.41. The molecule has 0 saturated carbocycles. The van der Waals surface area contributed by atoms with E-state index in [1.54, 1.807) is 4.90 Å². The maximum atomic E-state index is 12.2. The summed E-state index contributed by atoms with van der Waals surface area (Å²) in [6, 6.07) is 18.0. The van der Waals surface area contributed by atoms with Gasteiger partial charge in [-0.15, -0.1) is 0 Å². The first-order valence-electron chi connectivity index (χ1n) is 7.44. The average molecular weight is 360 g/mol. The highest BCUT2D eigenvalue weighted by molar-refractivity contribution is 9.10. The molecule has 22 heavy (non-hydrogen) atoms. The first kappa shape index (κ1) is 15.1. The molecule has 2 aromatic carbocycles. The van der Waals surface area contributed by atoms with Gasteiger partial charge < -0.3 is 9.64 Å². The van der Waals surface area contributed by atoms with E-state index in [4.69, 9.17) is 4.74 Å². The molecule has 1 aliphatic heterocycles. The summed E-state index contributed by atoms with van der Waals surface area (Å²) in [5, 5.41) is 0. The van der Waals surface area contributed by atoms with Crippen LogP contribution in [0.2, 0.25) is 0 Å². The number of carbonyl (C=O) groups excluding carboxylic acids is 1. The van der Waals surface area contributed by atoms with Crippen molar-refractivity contribution in [1.82, 2.24) is 4.90 Å². The lowest BCUT2D eigenvalue weighted by Gasteiger charge is -2.17. The fraction of sp³-hybridized carbons (Fsp3) is 0.278. The van der Waals surface area contributed by atoms with E-state index in [9.17, 15) is 4.79 Å². The molecule has 3 nitrogen and oxygen atoms in total. The summed E-state index contributed by atoms with van der Waals surface area (Å²) in [6.45, 7) is 1.80. The third kappa shape index (κ3) is 3.50. The Morgan fingerprint density at radius 1 is 1.14 bits per heavy atom.